The van der Waals surface area contributed by atoms with Gasteiger partial charge in [0.05, 0.1) is 0 Å². The highest BCUT2D eigenvalue weighted by Crippen LogP contribution is 2.42. The molecular formula is C19H39IN4. The SMILES string of the molecule is CN=C(NCC1CCCN(C)C1)NCC1(CC(C)C)CCCC1.I. The van der Waals surface area contributed by atoms with Gasteiger partial charge >= 0.3 is 0 Å². The van der Waals surface area contributed by atoms with Gasteiger partial charge in [-0.25, -0.2) is 0 Å². The van der Waals surface area contributed by atoms with Crippen LogP contribution in [0, 0.1) is 17.3 Å². The minimum Gasteiger partial charge on any atom is -0.356 e. The van der Waals surface area contributed by atoms with Crippen LogP contribution in [-0.2, 0) is 0 Å². The molecule has 1 saturated heterocycles. The molecule has 1 unspecified atom stereocenters. The molecule has 1 atom stereocenters. The van der Waals surface area contributed by atoms with E-state index in [0.717, 1.165) is 30.9 Å². The molecule has 2 N–H and O–H groups in total. The predicted octanol–water partition coefficient (Wildman–Crippen LogP) is 3.72. The monoisotopic (exact) mass is 450 g/mol. The molecule has 5 heteroatoms. The Balaban J connectivity index is 0.00000288. The summed E-state index contributed by atoms with van der Waals surface area (Å²) in [6, 6.07) is 0. The molecule has 4 nitrogen and oxygen atoms in total. The van der Waals surface area contributed by atoms with E-state index >= 15 is 0 Å². The molecule has 2 aliphatic rings. The van der Waals surface area contributed by atoms with E-state index in [2.05, 4.69) is 41.4 Å². The van der Waals surface area contributed by atoms with Gasteiger partial charge in [0.15, 0.2) is 5.96 Å². The number of aliphatic imine (C=N–C) groups is 1. The van der Waals surface area contributed by atoms with Crippen molar-refractivity contribution in [3.63, 3.8) is 0 Å². The number of hydrogen-bond acceptors (Lipinski definition) is 2. The lowest BCUT2D eigenvalue weighted by molar-refractivity contribution is 0.210. The minimum atomic E-state index is 0. The van der Waals surface area contributed by atoms with Crippen molar-refractivity contribution in [2.45, 2.75) is 58.8 Å². The Bertz CT molecular complexity index is 378. The van der Waals surface area contributed by atoms with Crippen LogP contribution in [0.2, 0.25) is 0 Å². The van der Waals surface area contributed by atoms with E-state index in [9.17, 15) is 0 Å². The number of likely N-dealkylation sites (tertiary alicyclic amines) is 1. The Morgan fingerprint density at radius 2 is 1.92 bits per heavy atom. The quantitative estimate of drug-likeness (QED) is 0.368. The Labute approximate surface area is 166 Å². The predicted molar refractivity (Wildman–Crippen MR) is 115 cm³/mol. The molecule has 0 aromatic heterocycles. The zero-order valence-electron chi connectivity index (χ0n) is 16.2. The van der Waals surface area contributed by atoms with E-state index in [1.807, 2.05) is 7.05 Å². The standard InChI is InChI=1S/C19H38N4.HI/c1-16(2)12-19(9-5-6-10-19)15-22-18(20-3)21-13-17-8-7-11-23(4)14-17;/h16-17H,5-15H2,1-4H3,(H2,20,21,22);1H. The lowest BCUT2D eigenvalue weighted by atomic mass is 9.78. The van der Waals surface area contributed by atoms with Crippen LogP contribution < -0.4 is 10.6 Å². The van der Waals surface area contributed by atoms with Crippen LogP contribution >= 0.6 is 24.0 Å². The number of hydrogen-bond donors (Lipinski definition) is 2. The summed E-state index contributed by atoms with van der Waals surface area (Å²) in [5, 5.41) is 7.20. The van der Waals surface area contributed by atoms with Crippen molar-refractivity contribution in [2.75, 3.05) is 40.3 Å². The molecule has 2 rings (SSSR count). The number of guanidine groups is 1. The van der Waals surface area contributed by atoms with Crippen LogP contribution in [0.3, 0.4) is 0 Å². The molecular weight excluding hydrogens is 411 g/mol. The first-order valence-electron chi connectivity index (χ1n) is 9.66. The molecule has 24 heavy (non-hydrogen) atoms. The van der Waals surface area contributed by atoms with Crippen molar-refractivity contribution in [3.8, 4) is 0 Å². The summed E-state index contributed by atoms with van der Waals surface area (Å²) in [6.07, 6.45) is 9.55. The van der Waals surface area contributed by atoms with Gasteiger partial charge in [-0.1, -0.05) is 26.7 Å². The fraction of sp³-hybridized carbons (Fsp3) is 0.947. The average molecular weight is 450 g/mol. The Morgan fingerprint density at radius 3 is 2.50 bits per heavy atom. The molecule has 0 radical (unpaired) electrons. The van der Waals surface area contributed by atoms with Crippen molar-refractivity contribution >= 4 is 29.9 Å². The maximum absolute atomic E-state index is 4.44. The maximum atomic E-state index is 4.44. The van der Waals surface area contributed by atoms with Gasteiger partial charge in [0, 0.05) is 26.7 Å². The molecule has 0 spiro atoms. The molecule has 142 valence electrons. The van der Waals surface area contributed by atoms with E-state index in [-0.39, 0.29) is 24.0 Å². The van der Waals surface area contributed by atoms with Crippen LogP contribution in [0.25, 0.3) is 0 Å². The normalized spacial score (nSPS) is 24.7. The van der Waals surface area contributed by atoms with Gasteiger partial charge < -0.3 is 15.5 Å². The van der Waals surface area contributed by atoms with E-state index in [4.69, 9.17) is 0 Å². The first-order valence-corrected chi connectivity index (χ1v) is 9.66. The van der Waals surface area contributed by atoms with Crippen molar-refractivity contribution < 1.29 is 0 Å². The second-order valence-electron chi connectivity index (χ2n) is 8.38. The summed E-state index contributed by atoms with van der Waals surface area (Å²) >= 11 is 0. The second kappa shape index (κ2) is 10.8. The summed E-state index contributed by atoms with van der Waals surface area (Å²) in [4.78, 5) is 6.89. The fourth-order valence-electron chi connectivity index (χ4n) is 4.62. The number of halogens is 1. The van der Waals surface area contributed by atoms with Crippen LogP contribution in [-0.4, -0.2) is 51.1 Å². The largest absolute Gasteiger partial charge is 0.356 e. The summed E-state index contributed by atoms with van der Waals surface area (Å²) in [6.45, 7) is 9.29. The Morgan fingerprint density at radius 1 is 1.21 bits per heavy atom. The van der Waals surface area contributed by atoms with Crippen LogP contribution in [0.5, 0.6) is 0 Å². The highest BCUT2D eigenvalue weighted by atomic mass is 127. The molecule has 0 bridgehead atoms. The van der Waals surface area contributed by atoms with Crippen LogP contribution in [0.1, 0.15) is 58.8 Å². The first kappa shape index (κ1) is 22.0. The molecule has 1 saturated carbocycles. The third-order valence-electron chi connectivity index (χ3n) is 5.64. The molecule has 1 aliphatic heterocycles. The lowest BCUT2D eigenvalue weighted by Crippen LogP contribution is -2.46. The molecule has 1 aliphatic carbocycles. The molecule has 0 aromatic rings. The first-order chi connectivity index (χ1) is 11.0. The van der Waals surface area contributed by atoms with Crippen molar-refractivity contribution in [2.24, 2.45) is 22.2 Å². The van der Waals surface area contributed by atoms with Gasteiger partial charge in [0.25, 0.3) is 0 Å². The van der Waals surface area contributed by atoms with E-state index in [1.165, 1.54) is 58.0 Å². The van der Waals surface area contributed by atoms with Crippen LogP contribution in [0.4, 0.5) is 0 Å². The summed E-state index contributed by atoms with van der Waals surface area (Å²) < 4.78 is 0. The topological polar surface area (TPSA) is 39.7 Å². The average Bonchev–Trinajstić information content (AvgIpc) is 2.95. The van der Waals surface area contributed by atoms with Crippen molar-refractivity contribution in [3.05, 3.63) is 0 Å². The smallest absolute Gasteiger partial charge is 0.191 e. The number of piperidine rings is 1. The van der Waals surface area contributed by atoms with Crippen molar-refractivity contribution in [1.29, 1.82) is 0 Å². The lowest BCUT2D eigenvalue weighted by Gasteiger charge is -2.33. The molecule has 2 fully saturated rings. The maximum Gasteiger partial charge on any atom is 0.191 e. The van der Waals surface area contributed by atoms with E-state index < -0.39 is 0 Å². The van der Waals surface area contributed by atoms with Gasteiger partial charge in [0.2, 0.25) is 0 Å². The summed E-state index contributed by atoms with van der Waals surface area (Å²) in [5.74, 6) is 2.53. The summed E-state index contributed by atoms with van der Waals surface area (Å²) in [5.41, 5.74) is 0.497. The van der Waals surface area contributed by atoms with Gasteiger partial charge in [-0.2, -0.15) is 0 Å². The van der Waals surface area contributed by atoms with Gasteiger partial charge in [-0.3, -0.25) is 4.99 Å². The molecule has 1 heterocycles. The number of nitrogens with one attached hydrogen (secondary N) is 2. The van der Waals surface area contributed by atoms with Crippen molar-refractivity contribution in [1.82, 2.24) is 15.5 Å². The van der Waals surface area contributed by atoms with E-state index in [1.54, 1.807) is 0 Å². The molecule has 0 amide bonds. The van der Waals surface area contributed by atoms with E-state index in [0.29, 0.717) is 5.41 Å². The Kier molecular flexibility index (Phi) is 9.94. The Hall–Kier alpha value is -0.0400. The third kappa shape index (κ3) is 7.06. The number of nitrogens with zero attached hydrogens (tertiary/aromatic N) is 2. The fourth-order valence-corrected chi connectivity index (χ4v) is 4.62. The minimum absolute atomic E-state index is 0. The van der Waals surface area contributed by atoms with Crippen LogP contribution in [0.15, 0.2) is 4.99 Å². The number of rotatable bonds is 6. The zero-order chi connectivity index (χ0) is 16.7. The molecule has 0 aromatic carbocycles. The summed E-state index contributed by atoms with van der Waals surface area (Å²) in [7, 11) is 4.13. The second-order valence-corrected chi connectivity index (χ2v) is 8.38. The highest BCUT2D eigenvalue weighted by Gasteiger charge is 2.34. The zero-order valence-corrected chi connectivity index (χ0v) is 18.6. The van der Waals surface area contributed by atoms with Gasteiger partial charge in [0.1, 0.15) is 0 Å². The van der Waals surface area contributed by atoms with Gasteiger partial charge in [-0.15, -0.1) is 24.0 Å². The van der Waals surface area contributed by atoms with Gasteiger partial charge in [-0.05, 0) is 62.9 Å². The highest BCUT2D eigenvalue weighted by molar-refractivity contribution is 14.0. The third-order valence-corrected chi connectivity index (χ3v) is 5.64.